The Morgan fingerprint density at radius 3 is 2.29 bits per heavy atom. The number of hydrogen-bond acceptors (Lipinski definition) is 6. The molecule has 1 amide bonds. The van der Waals surface area contributed by atoms with Gasteiger partial charge in [-0.3, -0.25) is 9.52 Å². The first-order valence-corrected chi connectivity index (χ1v) is 11.9. The highest BCUT2D eigenvalue weighted by molar-refractivity contribution is 7.92. The van der Waals surface area contributed by atoms with Gasteiger partial charge in [-0.05, 0) is 37.1 Å². The molecule has 3 N–H and O–H groups in total. The molecule has 0 bridgehead atoms. The topological polar surface area (TPSA) is 114 Å². The minimum Gasteiger partial charge on any atom is -0.492 e. The summed E-state index contributed by atoms with van der Waals surface area (Å²) in [4.78, 5) is 12.1. The summed E-state index contributed by atoms with van der Waals surface area (Å²) < 4.78 is 74.9. The van der Waals surface area contributed by atoms with Crippen LogP contribution in [0.1, 0.15) is 20.8 Å². The maximum absolute atomic E-state index is 12.9. The SMILES string of the molecule is CCOc1cc(NC(=O)[C@@H](CO)C(C)C)ccc1S(=O)(=O)Nc1ccc(Cl)c(OC(F)(F)F)c1. The summed E-state index contributed by atoms with van der Waals surface area (Å²) >= 11 is 5.70. The van der Waals surface area contributed by atoms with Gasteiger partial charge in [-0.1, -0.05) is 25.4 Å². The lowest BCUT2D eigenvalue weighted by Crippen LogP contribution is -2.29. The Kier molecular flexibility index (Phi) is 9.03. The zero-order valence-corrected chi connectivity index (χ0v) is 20.0. The molecule has 0 aliphatic carbocycles. The predicted octanol–water partition coefficient (Wildman–Crippen LogP) is 4.64. The van der Waals surface area contributed by atoms with Gasteiger partial charge >= 0.3 is 6.36 Å². The average molecular weight is 525 g/mol. The summed E-state index contributed by atoms with van der Waals surface area (Å²) in [6.07, 6.45) is -5.02. The monoisotopic (exact) mass is 524 g/mol. The molecule has 2 aromatic rings. The normalized spacial score (nSPS) is 12.9. The molecule has 0 heterocycles. The van der Waals surface area contributed by atoms with Crippen molar-refractivity contribution in [1.29, 1.82) is 0 Å². The number of alkyl halides is 3. The number of amides is 1. The Morgan fingerprint density at radius 2 is 1.74 bits per heavy atom. The molecule has 0 aliphatic heterocycles. The summed E-state index contributed by atoms with van der Waals surface area (Å²) in [6.45, 7) is 4.90. The van der Waals surface area contributed by atoms with Gasteiger partial charge in [0.1, 0.15) is 16.4 Å². The van der Waals surface area contributed by atoms with Crippen LogP contribution in [0.5, 0.6) is 11.5 Å². The molecule has 0 aromatic heterocycles. The van der Waals surface area contributed by atoms with E-state index in [1.165, 1.54) is 24.3 Å². The van der Waals surface area contributed by atoms with E-state index < -0.39 is 34.0 Å². The second-order valence-corrected chi connectivity index (χ2v) is 9.47. The third-order valence-electron chi connectivity index (χ3n) is 4.55. The van der Waals surface area contributed by atoms with Gasteiger partial charge in [-0.25, -0.2) is 8.42 Å². The Labute approximate surface area is 200 Å². The standard InChI is InChI=1S/C21H24ClF3N2O6S/c1-4-32-18-9-13(26-20(29)15(11-28)12(2)3)6-8-19(18)34(30,31)27-14-5-7-16(22)17(10-14)33-21(23,24)25/h5-10,12,15,27-28H,4,11H2,1-3H3,(H,26,29)/t15-/m0/s1. The minimum atomic E-state index is -5.02. The van der Waals surface area contributed by atoms with Gasteiger partial charge in [0.2, 0.25) is 5.91 Å². The Balaban J connectivity index is 2.35. The van der Waals surface area contributed by atoms with E-state index in [0.717, 1.165) is 12.1 Å². The van der Waals surface area contributed by atoms with Gasteiger partial charge in [-0.15, -0.1) is 13.2 Å². The predicted molar refractivity (Wildman–Crippen MR) is 121 cm³/mol. The molecule has 34 heavy (non-hydrogen) atoms. The van der Waals surface area contributed by atoms with Crippen molar-refractivity contribution in [3.63, 3.8) is 0 Å². The lowest BCUT2D eigenvalue weighted by atomic mass is 9.96. The van der Waals surface area contributed by atoms with Crippen LogP contribution in [0.15, 0.2) is 41.3 Å². The van der Waals surface area contributed by atoms with E-state index in [9.17, 15) is 31.5 Å². The van der Waals surface area contributed by atoms with Crippen LogP contribution in [-0.2, 0) is 14.8 Å². The zero-order valence-electron chi connectivity index (χ0n) is 18.4. The Morgan fingerprint density at radius 1 is 1.12 bits per heavy atom. The number of sulfonamides is 1. The lowest BCUT2D eigenvalue weighted by Gasteiger charge is -2.19. The van der Waals surface area contributed by atoms with Gasteiger partial charge in [0.05, 0.1) is 29.8 Å². The van der Waals surface area contributed by atoms with Crippen molar-refractivity contribution < 1.29 is 41.0 Å². The van der Waals surface area contributed by atoms with E-state index in [4.69, 9.17) is 16.3 Å². The highest BCUT2D eigenvalue weighted by Crippen LogP contribution is 2.34. The lowest BCUT2D eigenvalue weighted by molar-refractivity contribution is -0.274. The molecule has 8 nitrogen and oxygen atoms in total. The fraction of sp³-hybridized carbons (Fsp3) is 0.381. The van der Waals surface area contributed by atoms with Crippen molar-refractivity contribution in [3.8, 4) is 11.5 Å². The van der Waals surface area contributed by atoms with Crippen LogP contribution in [0.2, 0.25) is 5.02 Å². The summed E-state index contributed by atoms with van der Waals surface area (Å²) in [5, 5.41) is 11.7. The van der Waals surface area contributed by atoms with Crippen LogP contribution in [0, 0.1) is 11.8 Å². The number of aliphatic hydroxyl groups is 1. The highest BCUT2D eigenvalue weighted by Gasteiger charge is 2.32. The third-order valence-corrected chi connectivity index (χ3v) is 6.28. The van der Waals surface area contributed by atoms with E-state index in [2.05, 4.69) is 14.8 Å². The minimum absolute atomic E-state index is 0.0930. The van der Waals surface area contributed by atoms with E-state index in [0.29, 0.717) is 0 Å². The van der Waals surface area contributed by atoms with Crippen LogP contribution in [0.25, 0.3) is 0 Å². The molecule has 2 rings (SSSR count). The molecular formula is C21H24ClF3N2O6S. The summed E-state index contributed by atoms with van der Waals surface area (Å²) in [7, 11) is -4.33. The number of carbonyl (C=O) groups is 1. The number of aliphatic hydroxyl groups excluding tert-OH is 1. The summed E-state index contributed by atoms with van der Waals surface area (Å²) in [5.41, 5.74) is 0.00468. The van der Waals surface area contributed by atoms with E-state index in [-0.39, 0.29) is 46.2 Å². The first-order chi connectivity index (χ1) is 15.8. The average Bonchev–Trinajstić information content (AvgIpc) is 2.69. The maximum Gasteiger partial charge on any atom is 0.573 e. The van der Waals surface area contributed by atoms with Gasteiger partial charge < -0.3 is 19.9 Å². The second-order valence-electron chi connectivity index (χ2n) is 7.42. The molecular weight excluding hydrogens is 501 g/mol. The number of benzene rings is 2. The van der Waals surface area contributed by atoms with Crippen LogP contribution >= 0.6 is 11.6 Å². The van der Waals surface area contributed by atoms with Crippen LogP contribution in [0.3, 0.4) is 0 Å². The second kappa shape index (κ2) is 11.2. The molecule has 0 aliphatic rings. The highest BCUT2D eigenvalue weighted by atomic mass is 35.5. The van der Waals surface area contributed by atoms with Crippen LogP contribution in [-0.4, -0.2) is 39.0 Å². The van der Waals surface area contributed by atoms with Crippen LogP contribution < -0.4 is 19.5 Å². The molecule has 188 valence electrons. The van der Waals surface area contributed by atoms with Gasteiger partial charge in [0, 0.05) is 17.8 Å². The molecule has 0 spiro atoms. The fourth-order valence-corrected chi connectivity index (χ4v) is 4.22. The molecule has 0 saturated carbocycles. The van der Waals surface area contributed by atoms with Crippen molar-refractivity contribution in [1.82, 2.24) is 0 Å². The number of anilines is 2. The molecule has 13 heteroatoms. The molecule has 0 unspecified atom stereocenters. The number of hydrogen-bond donors (Lipinski definition) is 3. The number of ether oxygens (including phenoxy) is 2. The molecule has 0 fully saturated rings. The van der Waals surface area contributed by atoms with Crippen LogP contribution in [0.4, 0.5) is 24.5 Å². The van der Waals surface area contributed by atoms with Crippen molar-refractivity contribution in [3.05, 3.63) is 41.4 Å². The number of halogens is 4. The van der Waals surface area contributed by atoms with Gasteiger partial charge in [-0.2, -0.15) is 0 Å². The largest absolute Gasteiger partial charge is 0.573 e. The Hall–Kier alpha value is -2.70. The smallest absolute Gasteiger partial charge is 0.492 e. The first kappa shape index (κ1) is 27.5. The van der Waals surface area contributed by atoms with Gasteiger partial charge in [0.15, 0.2) is 0 Å². The fourth-order valence-electron chi connectivity index (χ4n) is 2.89. The third kappa shape index (κ3) is 7.40. The zero-order chi connectivity index (χ0) is 25.7. The number of carbonyl (C=O) groups excluding carboxylic acids is 1. The molecule has 1 atom stereocenters. The Bertz CT molecular complexity index is 1130. The van der Waals surface area contributed by atoms with Crippen molar-refractivity contribution >= 4 is 38.9 Å². The molecule has 0 saturated heterocycles. The van der Waals surface area contributed by atoms with E-state index >= 15 is 0 Å². The van der Waals surface area contributed by atoms with Crippen molar-refractivity contribution in [2.24, 2.45) is 11.8 Å². The molecule has 0 radical (unpaired) electrons. The van der Waals surface area contributed by atoms with E-state index in [1.807, 2.05) is 0 Å². The number of nitrogens with one attached hydrogen (secondary N) is 2. The summed E-state index contributed by atoms with van der Waals surface area (Å²) in [5.74, 6) is -2.13. The van der Waals surface area contributed by atoms with Crippen molar-refractivity contribution in [2.45, 2.75) is 32.0 Å². The summed E-state index contributed by atoms with van der Waals surface area (Å²) in [6, 6.07) is 6.81. The first-order valence-electron chi connectivity index (χ1n) is 10.0. The van der Waals surface area contributed by atoms with E-state index in [1.54, 1.807) is 20.8 Å². The van der Waals surface area contributed by atoms with Gasteiger partial charge in [0.25, 0.3) is 10.0 Å². The van der Waals surface area contributed by atoms with Crippen molar-refractivity contribution in [2.75, 3.05) is 23.3 Å². The maximum atomic E-state index is 12.9. The quantitative estimate of drug-likeness (QED) is 0.417. The number of rotatable bonds is 10. The molecule has 2 aromatic carbocycles.